The molecule has 1 unspecified atom stereocenters. The predicted octanol–water partition coefficient (Wildman–Crippen LogP) is 5.86. The molecule has 0 spiro atoms. The number of carbonyl (C=O) groups is 2. The highest BCUT2D eigenvalue weighted by atomic mass is 32.1. The summed E-state index contributed by atoms with van der Waals surface area (Å²) < 4.78 is 6.20. The molecule has 5 nitrogen and oxygen atoms in total. The standard InChI is InChI=1S/C30H36N2O3S/c1-4-16-31(29(33)19-23-8-6-5-7-9-23)20-30(34)32-17-14-28-26(15-18-36-28)27(32)21-35-25-12-10-24(11-13-25)22(2)3/h5-13,15,18,22,27H,4,14,16-17,19-21H2,1-3H3. The number of hydrogen-bond acceptors (Lipinski definition) is 4. The highest BCUT2D eigenvalue weighted by Gasteiger charge is 2.33. The molecule has 0 saturated heterocycles. The molecule has 1 aliphatic heterocycles. The number of hydrogen-bond donors (Lipinski definition) is 0. The van der Waals surface area contributed by atoms with Crippen LogP contribution in [0, 0.1) is 0 Å². The minimum absolute atomic E-state index is 0.0114. The zero-order chi connectivity index (χ0) is 25.5. The summed E-state index contributed by atoms with van der Waals surface area (Å²) in [5.41, 5.74) is 3.40. The van der Waals surface area contributed by atoms with Crippen LogP contribution in [0.15, 0.2) is 66.0 Å². The van der Waals surface area contributed by atoms with Gasteiger partial charge >= 0.3 is 0 Å². The third kappa shape index (κ3) is 6.35. The molecule has 6 heteroatoms. The number of amides is 2. The highest BCUT2D eigenvalue weighted by Crippen LogP contribution is 2.34. The first-order chi connectivity index (χ1) is 17.5. The summed E-state index contributed by atoms with van der Waals surface area (Å²) in [6, 6.07) is 19.9. The fourth-order valence-corrected chi connectivity index (χ4v) is 5.63. The van der Waals surface area contributed by atoms with Crippen molar-refractivity contribution in [3.63, 3.8) is 0 Å². The third-order valence-electron chi connectivity index (χ3n) is 6.74. The molecule has 1 aliphatic rings. The number of rotatable bonds is 10. The van der Waals surface area contributed by atoms with Gasteiger partial charge in [0.1, 0.15) is 12.4 Å². The Balaban J connectivity index is 1.46. The van der Waals surface area contributed by atoms with Crippen molar-refractivity contribution in [1.82, 2.24) is 9.80 Å². The van der Waals surface area contributed by atoms with Crippen LogP contribution in [0.2, 0.25) is 0 Å². The Morgan fingerprint density at radius 3 is 2.53 bits per heavy atom. The number of thiophene rings is 1. The summed E-state index contributed by atoms with van der Waals surface area (Å²) in [5.74, 6) is 1.24. The molecule has 36 heavy (non-hydrogen) atoms. The predicted molar refractivity (Wildman–Crippen MR) is 146 cm³/mol. The van der Waals surface area contributed by atoms with E-state index in [1.54, 1.807) is 16.2 Å². The summed E-state index contributed by atoms with van der Waals surface area (Å²) in [7, 11) is 0. The maximum atomic E-state index is 13.6. The van der Waals surface area contributed by atoms with Gasteiger partial charge in [-0.2, -0.15) is 0 Å². The highest BCUT2D eigenvalue weighted by molar-refractivity contribution is 7.10. The third-order valence-corrected chi connectivity index (χ3v) is 7.74. The van der Waals surface area contributed by atoms with E-state index in [0.717, 1.165) is 29.7 Å². The van der Waals surface area contributed by atoms with Crippen LogP contribution < -0.4 is 4.74 Å². The number of fused-ring (bicyclic) bond motifs is 1. The SMILES string of the molecule is CCCN(CC(=O)N1CCc2sccc2C1COc1ccc(C(C)C)cc1)C(=O)Cc1ccccc1. The van der Waals surface area contributed by atoms with Crippen molar-refractivity contribution in [3.05, 3.63) is 87.6 Å². The number of ether oxygens (including phenoxy) is 1. The minimum atomic E-state index is -0.162. The van der Waals surface area contributed by atoms with Crippen LogP contribution >= 0.6 is 11.3 Å². The van der Waals surface area contributed by atoms with Crippen LogP contribution in [0.3, 0.4) is 0 Å². The summed E-state index contributed by atoms with van der Waals surface area (Å²) in [5, 5.41) is 2.09. The van der Waals surface area contributed by atoms with E-state index >= 15 is 0 Å². The van der Waals surface area contributed by atoms with Crippen molar-refractivity contribution < 1.29 is 14.3 Å². The summed E-state index contributed by atoms with van der Waals surface area (Å²) in [4.78, 5) is 31.6. The van der Waals surface area contributed by atoms with E-state index in [2.05, 4.69) is 37.4 Å². The molecule has 2 amide bonds. The first-order valence-corrected chi connectivity index (χ1v) is 13.7. The van der Waals surface area contributed by atoms with E-state index in [1.807, 2.05) is 54.3 Å². The van der Waals surface area contributed by atoms with Gasteiger partial charge in [-0.1, -0.05) is 63.2 Å². The maximum Gasteiger partial charge on any atom is 0.242 e. The van der Waals surface area contributed by atoms with E-state index in [0.29, 0.717) is 32.0 Å². The van der Waals surface area contributed by atoms with E-state index in [4.69, 9.17) is 4.74 Å². The average Bonchev–Trinajstić information content (AvgIpc) is 3.37. The Hall–Kier alpha value is -3.12. The maximum absolute atomic E-state index is 13.6. The number of benzene rings is 2. The Kier molecular flexibility index (Phi) is 8.81. The fraction of sp³-hybridized carbons (Fsp3) is 0.400. The van der Waals surface area contributed by atoms with E-state index in [1.165, 1.54) is 10.4 Å². The van der Waals surface area contributed by atoms with Gasteiger partial charge in [0.15, 0.2) is 0 Å². The summed E-state index contributed by atoms with van der Waals surface area (Å²) >= 11 is 1.74. The zero-order valence-corrected chi connectivity index (χ0v) is 22.3. The molecule has 0 fully saturated rings. The van der Waals surface area contributed by atoms with Gasteiger partial charge in [-0.3, -0.25) is 9.59 Å². The quantitative estimate of drug-likeness (QED) is 0.348. The first kappa shape index (κ1) is 26.0. The van der Waals surface area contributed by atoms with E-state index < -0.39 is 0 Å². The molecule has 1 aromatic heterocycles. The largest absolute Gasteiger partial charge is 0.491 e. The Morgan fingerprint density at radius 2 is 1.83 bits per heavy atom. The monoisotopic (exact) mass is 504 g/mol. The van der Waals surface area contributed by atoms with Crippen molar-refractivity contribution in [3.8, 4) is 5.75 Å². The van der Waals surface area contributed by atoms with Crippen LogP contribution in [0.1, 0.15) is 60.7 Å². The molecule has 4 rings (SSSR count). The van der Waals surface area contributed by atoms with Crippen molar-refractivity contribution >= 4 is 23.2 Å². The molecule has 2 aromatic carbocycles. The molecule has 0 radical (unpaired) electrons. The van der Waals surface area contributed by atoms with Crippen LogP contribution in [0.4, 0.5) is 0 Å². The molecular formula is C30H36N2O3S. The van der Waals surface area contributed by atoms with Crippen LogP contribution in [0.25, 0.3) is 0 Å². The van der Waals surface area contributed by atoms with Crippen LogP contribution in [-0.2, 0) is 22.4 Å². The molecule has 1 atom stereocenters. The molecule has 0 N–H and O–H groups in total. The Labute approximate surface area is 218 Å². The first-order valence-electron chi connectivity index (χ1n) is 12.9. The number of carbonyl (C=O) groups excluding carboxylic acids is 2. The lowest BCUT2D eigenvalue weighted by Crippen LogP contribution is -2.48. The molecular weight excluding hydrogens is 468 g/mol. The van der Waals surface area contributed by atoms with Gasteiger partial charge in [0.05, 0.1) is 19.0 Å². The smallest absolute Gasteiger partial charge is 0.242 e. The van der Waals surface area contributed by atoms with Gasteiger partial charge in [0.2, 0.25) is 11.8 Å². The Bertz CT molecular complexity index is 1140. The van der Waals surface area contributed by atoms with Crippen molar-refractivity contribution in [1.29, 1.82) is 0 Å². The summed E-state index contributed by atoms with van der Waals surface area (Å²) in [6.45, 7) is 8.07. The molecule has 2 heterocycles. The minimum Gasteiger partial charge on any atom is -0.491 e. The second kappa shape index (κ2) is 12.2. The van der Waals surface area contributed by atoms with Crippen molar-refractivity contribution in [2.45, 2.75) is 52.0 Å². The second-order valence-corrected chi connectivity index (χ2v) is 10.7. The van der Waals surface area contributed by atoms with Gasteiger partial charge in [-0.05, 0) is 59.0 Å². The Morgan fingerprint density at radius 1 is 1.08 bits per heavy atom. The van der Waals surface area contributed by atoms with Gasteiger partial charge < -0.3 is 14.5 Å². The topological polar surface area (TPSA) is 49.9 Å². The lowest BCUT2D eigenvalue weighted by Gasteiger charge is -2.37. The van der Waals surface area contributed by atoms with Gasteiger partial charge in [0, 0.05) is 18.0 Å². The molecule has 3 aromatic rings. The summed E-state index contributed by atoms with van der Waals surface area (Å²) in [6.07, 6.45) is 1.95. The van der Waals surface area contributed by atoms with Gasteiger partial charge in [0.25, 0.3) is 0 Å². The lowest BCUT2D eigenvalue weighted by atomic mass is 10.00. The molecule has 190 valence electrons. The molecule has 0 saturated carbocycles. The van der Waals surface area contributed by atoms with Gasteiger partial charge in [-0.25, -0.2) is 0 Å². The fourth-order valence-electron chi connectivity index (χ4n) is 4.70. The lowest BCUT2D eigenvalue weighted by molar-refractivity contribution is -0.142. The number of nitrogens with zero attached hydrogens (tertiary/aromatic N) is 2. The molecule has 0 bridgehead atoms. The van der Waals surface area contributed by atoms with Crippen molar-refractivity contribution in [2.75, 3.05) is 26.2 Å². The second-order valence-electron chi connectivity index (χ2n) is 9.66. The van der Waals surface area contributed by atoms with Crippen molar-refractivity contribution in [2.24, 2.45) is 0 Å². The molecule has 0 aliphatic carbocycles. The van der Waals surface area contributed by atoms with Crippen LogP contribution in [0.5, 0.6) is 5.75 Å². The average molecular weight is 505 g/mol. The zero-order valence-electron chi connectivity index (χ0n) is 21.5. The van der Waals surface area contributed by atoms with E-state index in [9.17, 15) is 9.59 Å². The van der Waals surface area contributed by atoms with Crippen LogP contribution in [-0.4, -0.2) is 47.9 Å². The van der Waals surface area contributed by atoms with E-state index in [-0.39, 0.29) is 24.4 Å². The normalized spacial score (nSPS) is 15.0. The van der Waals surface area contributed by atoms with Gasteiger partial charge in [-0.15, -0.1) is 11.3 Å².